The lowest BCUT2D eigenvalue weighted by Crippen LogP contribution is -2.15. The lowest BCUT2D eigenvalue weighted by atomic mass is 9.99. The van der Waals surface area contributed by atoms with Crippen LogP contribution in [0.5, 0.6) is 0 Å². The number of aromatic nitrogens is 4. The van der Waals surface area contributed by atoms with E-state index in [0.717, 1.165) is 71.3 Å². The molecule has 6 rings (SSSR count). The van der Waals surface area contributed by atoms with Crippen molar-refractivity contribution in [2.45, 2.75) is 39.0 Å². The number of nitrogens with zero attached hydrogens (tertiary/aromatic N) is 4. The van der Waals surface area contributed by atoms with Crippen LogP contribution in [0.3, 0.4) is 0 Å². The third kappa shape index (κ3) is 4.95. The van der Waals surface area contributed by atoms with E-state index in [-0.39, 0.29) is 17.7 Å². The number of carbonyl (C=O) groups excluding carboxylic acids is 2. The Balaban J connectivity index is 1.24. The lowest BCUT2D eigenvalue weighted by molar-refractivity contribution is -0.117. The number of fused-ring (bicyclic) bond motifs is 1. The van der Waals surface area contributed by atoms with E-state index in [0.29, 0.717) is 17.2 Å². The van der Waals surface area contributed by atoms with Gasteiger partial charge in [-0.3, -0.25) is 14.6 Å². The number of rotatable bonds is 6. The SMILES string of the molecule is Cc1ccc(NC(=O)c2cc3c(nn2)CCC3)cc1-c1ccnc(-c2ccnc(NC(=O)C3CC3)c2)c1. The number of benzene rings is 1. The summed E-state index contributed by atoms with van der Waals surface area (Å²) in [6, 6.07) is 15.3. The van der Waals surface area contributed by atoms with Crippen LogP contribution in [0.2, 0.25) is 0 Å². The first-order valence-corrected chi connectivity index (χ1v) is 12.5. The molecule has 2 aliphatic rings. The Labute approximate surface area is 214 Å². The summed E-state index contributed by atoms with van der Waals surface area (Å²) in [7, 11) is 0. The van der Waals surface area contributed by atoms with Crippen molar-refractivity contribution in [1.29, 1.82) is 0 Å². The molecule has 184 valence electrons. The molecule has 0 bridgehead atoms. The van der Waals surface area contributed by atoms with Crippen molar-refractivity contribution in [3.05, 3.63) is 83.4 Å². The molecule has 0 aliphatic heterocycles. The fourth-order valence-electron chi connectivity index (χ4n) is 4.63. The Morgan fingerprint density at radius 1 is 0.865 bits per heavy atom. The van der Waals surface area contributed by atoms with Crippen molar-refractivity contribution in [2.24, 2.45) is 5.92 Å². The van der Waals surface area contributed by atoms with Crippen LogP contribution in [-0.2, 0) is 17.6 Å². The van der Waals surface area contributed by atoms with E-state index in [1.807, 2.05) is 55.5 Å². The van der Waals surface area contributed by atoms with E-state index in [1.165, 1.54) is 0 Å². The van der Waals surface area contributed by atoms with Crippen molar-refractivity contribution < 1.29 is 9.59 Å². The third-order valence-corrected chi connectivity index (χ3v) is 6.87. The fourth-order valence-corrected chi connectivity index (χ4v) is 4.63. The fraction of sp³-hybridized carbons (Fsp3) is 0.241. The highest BCUT2D eigenvalue weighted by atomic mass is 16.2. The molecule has 1 aromatic carbocycles. The van der Waals surface area contributed by atoms with E-state index < -0.39 is 0 Å². The minimum atomic E-state index is -0.273. The monoisotopic (exact) mass is 490 g/mol. The number of carbonyl (C=O) groups is 2. The summed E-state index contributed by atoms with van der Waals surface area (Å²) in [5.41, 5.74) is 7.77. The molecule has 0 radical (unpaired) electrons. The Hall–Kier alpha value is -4.46. The molecule has 8 nitrogen and oxygen atoms in total. The number of nitrogens with one attached hydrogen (secondary N) is 2. The molecular formula is C29H26N6O2. The van der Waals surface area contributed by atoms with E-state index in [9.17, 15) is 9.59 Å². The molecule has 0 spiro atoms. The molecule has 37 heavy (non-hydrogen) atoms. The Morgan fingerprint density at radius 2 is 1.70 bits per heavy atom. The highest BCUT2D eigenvalue weighted by Gasteiger charge is 2.29. The maximum Gasteiger partial charge on any atom is 0.276 e. The molecular weight excluding hydrogens is 464 g/mol. The van der Waals surface area contributed by atoms with Crippen molar-refractivity contribution in [3.63, 3.8) is 0 Å². The lowest BCUT2D eigenvalue weighted by Gasteiger charge is -2.12. The smallest absolute Gasteiger partial charge is 0.276 e. The minimum absolute atomic E-state index is 0.0201. The zero-order valence-electron chi connectivity index (χ0n) is 20.5. The van der Waals surface area contributed by atoms with Gasteiger partial charge in [-0.2, -0.15) is 5.10 Å². The number of anilines is 2. The topological polar surface area (TPSA) is 110 Å². The first kappa shape index (κ1) is 23.0. The first-order valence-electron chi connectivity index (χ1n) is 12.5. The van der Waals surface area contributed by atoms with Crippen molar-refractivity contribution in [3.8, 4) is 22.4 Å². The maximum absolute atomic E-state index is 12.9. The van der Waals surface area contributed by atoms with Gasteiger partial charge in [0.15, 0.2) is 5.69 Å². The molecule has 2 amide bonds. The van der Waals surface area contributed by atoms with Gasteiger partial charge in [-0.1, -0.05) is 6.07 Å². The van der Waals surface area contributed by atoms with Crippen molar-refractivity contribution in [2.75, 3.05) is 10.6 Å². The van der Waals surface area contributed by atoms with Gasteiger partial charge in [0.2, 0.25) is 5.91 Å². The van der Waals surface area contributed by atoms with Gasteiger partial charge in [0.05, 0.1) is 11.4 Å². The highest BCUT2D eigenvalue weighted by molar-refractivity contribution is 6.03. The van der Waals surface area contributed by atoms with E-state index in [2.05, 4.69) is 30.8 Å². The van der Waals surface area contributed by atoms with Crippen LogP contribution in [0.25, 0.3) is 22.4 Å². The zero-order chi connectivity index (χ0) is 25.4. The second kappa shape index (κ2) is 9.54. The Kier molecular flexibility index (Phi) is 5.92. The van der Waals surface area contributed by atoms with Crippen LogP contribution in [0, 0.1) is 12.8 Å². The second-order valence-corrected chi connectivity index (χ2v) is 9.66. The van der Waals surface area contributed by atoms with Crippen LogP contribution in [0.15, 0.2) is 60.9 Å². The predicted molar refractivity (Wildman–Crippen MR) is 141 cm³/mol. The van der Waals surface area contributed by atoms with Gasteiger partial charge >= 0.3 is 0 Å². The summed E-state index contributed by atoms with van der Waals surface area (Å²) in [6.07, 6.45) is 8.24. The first-order chi connectivity index (χ1) is 18.0. The molecule has 2 aliphatic carbocycles. The van der Waals surface area contributed by atoms with Crippen LogP contribution < -0.4 is 10.6 Å². The van der Waals surface area contributed by atoms with Crippen molar-refractivity contribution in [1.82, 2.24) is 20.2 Å². The summed E-state index contributed by atoms with van der Waals surface area (Å²) in [6.45, 7) is 2.03. The molecule has 0 atom stereocenters. The average molecular weight is 491 g/mol. The molecule has 2 N–H and O–H groups in total. The standard InChI is InChI=1S/C29H26N6O2/c1-17-5-8-22(32-29(37)26-14-20-3-2-4-24(20)34-35-26)16-23(17)19-9-11-30-25(13-19)21-10-12-31-27(15-21)33-28(36)18-6-7-18/h5,8-16,18H,2-4,6-7H2,1H3,(H,32,37)(H,31,33,36). The molecule has 0 unspecified atom stereocenters. The summed E-state index contributed by atoms with van der Waals surface area (Å²) in [5, 5.41) is 14.2. The average Bonchev–Trinajstić information content (AvgIpc) is 3.67. The van der Waals surface area contributed by atoms with E-state index in [1.54, 1.807) is 12.4 Å². The van der Waals surface area contributed by atoms with Gasteiger partial charge in [0.25, 0.3) is 5.91 Å². The van der Waals surface area contributed by atoms with Gasteiger partial charge in [0.1, 0.15) is 5.82 Å². The minimum Gasteiger partial charge on any atom is -0.321 e. The number of hydrogen-bond donors (Lipinski definition) is 2. The zero-order valence-corrected chi connectivity index (χ0v) is 20.5. The predicted octanol–water partition coefficient (Wildman–Crippen LogP) is 5.00. The van der Waals surface area contributed by atoms with Gasteiger partial charge in [-0.05, 0) is 104 Å². The normalized spacial score (nSPS) is 14.2. The van der Waals surface area contributed by atoms with Crippen LogP contribution in [0.1, 0.15) is 46.6 Å². The van der Waals surface area contributed by atoms with Gasteiger partial charge in [-0.15, -0.1) is 5.10 Å². The largest absolute Gasteiger partial charge is 0.321 e. The number of hydrogen-bond acceptors (Lipinski definition) is 6. The summed E-state index contributed by atoms with van der Waals surface area (Å²) >= 11 is 0. The van der Waals surface area contributed by atoms with Crippen LogP contribution >= 0.6 is 0 Å². The van der Waals surface area contributed by atoms with Gasteiger partial charge in [-0.25, -0.2) is 4.98 Å². The quantitative estimate of drug-likeness (QED) is 0.394. The van der Waals surface area contributed by atoms with Gasteiger partial charge < -0.3 is 10.6 Å². The molecule has 3 heterocycles. The van der Waals surface area contributed by atoms with Crippen LogP contribution in [-0.4, -0.2) is 32.0 Å². The number of amides is 2. The van der Waals surface area contributed by atoms with Crippen LogP contribution in [0.4, 0.5) is 11.5 Å². The molecule has 8 heteroatoms. The molecule has 0 saturated heterocycles. The second-order valence-electron chi connectivity index (χ2n) is 9.66. The van der Waals surface area contributed by atoms with Gasteiger partial charge in [0, 0.05) is 29.6 Å². The summed E-state index contributed by atoms with van der Waals surface area (Å²) < 4.78 is 0. The maximum atomic E-state index is 12.9. The van der Waals surface area contributed by atoms with E-state index >= 15 is 0 Å². The molecule has 1 saturated carbocycles. The number of pyridine rings is 2. The molecule has 3 aromatic heterocycles. The molecule has 4 aromatic rings. The van der Waals surface area contributed by atoms with E-state index in [4.69, 9.17) is 0 Å². The third-order valence-electron chi connectivity index (χ3n) is 6.87. The Morgan fingerprint density at radius 3 is 2.57 bits per heavy atom. The summed E-state index contributed by atoms with van der Waals surface area (Å²) in [5.74, 6) is 0.381. The Bertz CT molecular complexity index is 1530. The van der Waals surface area contributed by atoms with Crippen molar-refractivity contribution >= 4 is 23.3 Å². The number of aryl methyl sites for hydroxylation is 3. The summed E-state index contributed by atoms with van der Waals surface area (Å²) in [4.78, 5) is 33.9. The highest BCUT2D eigenvalue weighted by Crippen LogP contribution is 2.32. The molecule has 1 fully saturated rings.